The van der Waals surface area contributed by atoms with Crippen LogP contribution >= 0.6 is 11.6 Å². The average molecular weight is 815 g/mol. The van der Waals surface area contributed by atoms with Crippen molar-refractivity contribution in [1.82, 2.24) is 0 Å². The molecule has 0 spiro atoms. The van der Waals surface area contributed by atoms with E-state index in [1.54, 1.807) is 66.7 Å². The molecule has 298 valence electrons. The number of halogens is 5. The Kier molecular flexibility index (Phi) is 14.2. The molecule has 6 rings (SSSR count). The quantitative estimate of drug-likeness (QED) is 0.0904. The minimum atomic E-state index is -1.62. The summed E-state index contributed by atoms with van der Waals surface area (Å²) in [5.74, 6) is -5.82. The molecule has 58 heavy (non-hydrogen) atoms. The number of aliphatic hydroxyl groups excluding tert-OH is 1. The highest BCUT2D eigenvalue weighted by Crippen LogP contribution is 2.34. The van der Waals surface area contributed by atoms with Gasteiger partial charge in [-0.2, -0.15) is 0 Å². The van der Waals surface area contributed by atoms with Crippen LogP contribution in [-0.4, -0.2) is 41.2 Å². The van der Waals surface area contributed by atoms with Crippen molar-refractivity contribution in [2.24, 2.45) is 0 Å². The summed E-state index contributed by atoms with van der Waals surface area (Å²) in [6.07, 6.45) is 0. The molecular formula is C44H35ClF4N2O7. The second-order valence-electron chi connectivity index (χ2n) is 12.2. The van der Waals surface area contributed by atoms with Crippen molar-refractivity contribution in [3.8, 4) is 33.8 Å². The largest absolute Gasteiger partial charge is 0.494 e. The van der Waals surface area contributed by atoms with Crippen molar-refractivity contribution in [2.75, 3.05) is 23.8 Å². The van der Waals surface area contributed by atoms with Crippen molar-refractivity contribution in [2.45, 2.75) is 20.5 Å². The van der Waals surface area contributed by atoms with E-state index in [-0.39, 0.29) is 22.9 Å². The maximum atomic E-state index is 14.7. The molecule has 0 aliphatic rings. The number of hydrogen-bond acceptors (Lipinski definition) is 6. The van der Waals surface area contributed by atoms with Gasteiger partial charge in [0.05, 0.1) is 36.1 Å². The number of aromatic carboxylic acids is 1. The summed E-state index contributed by atoms with van der Waals surface area (Å²) in [7, 11) is 0. The van der Waals surface area contributed by atoms with E-state index in [0.29, 0.717) is 52.5 Å². The predicted octanol–water partition coefficient (Wildman–Crippen LogP) is 10.4. The third-order valence-electron chi connectivity index (χ3n) is 8.42. The highest BCUT2D eigenvalue weighted by atomic mass is 35.5. The Morgan fingerprint density at radius 1 is 0.586 bits per heavy atom. The van der Waals surface area contributed by atoms with Gasteiger partial charge in [-0.15, -0.1) is 0 Å². The summed E-state index contributed by atoms with van der Waals surface area (Å²) in [4.78, 5) is 36.2. The lowest BCUT2D eigenvalue weighted by atomic mass is 10.0. The van der Waals surface area contributed by atoms with Crippen LogP contribution in [0.5, 0.6) is 11.5 Å². The summed E-state index contributed by atoms with van der Waals surface area (Å²) in [6.45, 7) is 4.28. The zero-order valence-corrected chi connectivity index (χ0v) is 31.7. The normalized spacial score (nSPS) is 10.6. The van der Waals surface area contributed by atoms with E-state index in [4.69, 9.17) is 26.2 Å². The molecule has 0 aliphatic heterocycles. The molecule has 4 N–H and O–H groups in total. The van der Waals surface area contributed by atoms with Crippen LogP contribution < -0.4 is 20.1 Å². The molecule has 6 aromatic rings. The van der Waals surface area contributed by atoms with E-state index in [1.807, 2.05) is 13.8 Å². The van der Waals surface area contributed by atoms with Gasteiger partial charge in [-0.1, -0.05) is 60.1 Å². The van der Waals surface area contributed by atoms with Crippen LogP contribution in [0.1, 0.15) is 50.5 Å². The van der Waals surface area contributed by atoms with Gasteiger partial charge in [0.1, 0.15) is 46.0 Å². The first kappa shape index (κ1) is 42.4. The van der Waals surface area contributed by atoms with Gasteiger partial charge >= 0.3 is 5.97 Å². The molecule has 0 aromatic heterocycles. The Morgan fingerprint density at radius 2 is 1.07 bits per heavy atom. The monoisotopic (exact) mass is 814 g/mol. The number of carbonyl (C=O) groups is 3. The van der Waals surface area contributed by atoms with Gasteiger partial charge < -0.3 is 30.3 Å². The number of rotatable bonds is 12. The number of ether oxygens (including phenoxy) is 2. The third kappa shape index (κ3) is 10.2. The maximum Gasteiger partial charge on any atom is 0.339 e. The standard InChI is InChI=1S/C22H16ClF2NO4.C22H19F2NO3/c1-2-30-14-6-3-5-12(9-14)13-10-16(23)20(18(25)11-13)26-21(27)15-7-4-8-17(24)19(15)22(28)29;1-2-28-17-8-5-7-14(10-17)16-11-19(23)21(20(24)12-16)25-22(27)18-9-4-3-6-15(18)13-26/h3-11H,2H2,1H3,(H,26,27)(H,28,29);3-12,26H,2,13H2,1H3,(H,25,27). The molecule has 0 radical (unpaired) electrons. The van der Waals surface area contributed by atoms with Gasteiger partial charge in [0.15, 0.2) is 0 Å². The van der Waals surface area contributed by atoms with Gasteiger partial charge in [-0.05, 0) is 108 Å². The average Bonchev–Trinajstić information content (AvgIpc) is 3.20. The lowest BCUT2D eigenvalue weighted by molar-refractivity contribution is 0.0687. The van der Waals surface area contributed by atoms with Crippen molar-refractivity contribution < 1.29 is 51.6 Å². The zero-order valence-electron chi connectivity index (χ0n) is 30.9. The summed E-state index contributed by atoms with van der Waals surface area (Å²) in [6, 6.07) is 28.3. The third-order valence-corrected chi connectivity index (χ3v) is 8.72. The molecule has 14 heteroatoms. The molecule has 2 amide bonds. The van der Waals surface area contributed by atoms with Crippen molar-refractivity contribution in [3.63, 3.8) is 0 Å². The van der Waals surface area contributed by atoms with Crippen LogP contribution in [0, 0.1) is 23.3 Å². The van der Waals surface area contributed by atoms with E-state index < -0.39 is 57.9 Å². The van der Waals surface area contributed by atoms with Gasteiger partial charge in [0.2, 0.25) is 0 Å². The van der Waals surface area contributed by atoms with Gasteiger partial charge in [-0.3, -0.25) is 9.59 Å². The lowest BCUT2D eigenvalue weighted by Crippen LogP contribution is -2.18. The molecule has 0 atom stereocenters. The van der Waals surface area contributed by atoms with Crippen LogP contribution in [0.15, 0.2) is 115 Å². The fourth-order valence-electron chi connectivity index (χ4n) is 5.75. The Morgan fingerprint density at radius 3 is 1.60 bits per heavy atom. The number of aliphatic hydroxyl groups is 1. The van der Waals surface area contributed by atoms with E-state index >= 15 is 0 Å². The fourth-order valence-corrected chi connectivity index (χ4v) is 6.01. The Labute approximate surface area is 335 Å². The number of amides is 2. The lowest BCUT2D eigenvalue weighted by Gasteiger charge is -2.13. The molecule has 0 unspecified atom stereocenters. The summed E-state index contributed by atoms with van der Waals surface area (Å²) >= 11 is 6.17. The Hall–Kier alpha value is -6.70. The van der Waals surface area contributed by atoms with E-state index in [1.165, 1.54) is 24.3 Å². The first-order valence-electron chi connectivity index (χ1n) is 17.6. The van der Waals surface area contributed by atoms with Gasteiger partial charge in [0.25, 0.3) is 11.8 Å². The van der Waals surface area contributed by atoms with Crippen molar-refractivity contribution in [1.29, 1.82) is 0 Å². The highest BCUT2D eigenvalue weighted by molar-refractivity contribution is 6.34. The molecule has 0 saturated heterocycles. The number of anilines is 2. The number of benzene rings is 6. The van der Waals surface area contributed by atoms with Crippen molar-refractivity contribution >= 4 is 40.8 Å². The van der Waals surface area contributed by atoms with Crippen LogP contribution in [0.2, 0.25) is 5.02 Å². The Bertz CT molecular complexity index is 2430. The molecule has 0 aliphatic carbocycles. The molecule has 0 fully saturated rings. The number of carboxylic acids is 1. The SMILES string of the molecule is CCOc1cccc(-c2cc(F)c(NC(=O)c3cccc(F)c3C(=O)O)c(Cl)c2)c1.CCOc1cccc(-c2cc(F)c(NC(=O)c3ccccc3CO)c(F)c2)c1. The number of carbonyl (C=O) groups excluding carboxylic acids is 2. The number of nitrogens with one attached hydrogen (secondary N) is 2. The van der Waals surface area contributed by atoms with Crippen molar-refractivity contribution in [3.05, 3.63) is 166 Å². The second kappa shape index (κ2) is 19.4. The number of carboxylic acid groups (broad SMARTS) is 1. The topological polar surface area (TPSA) is 134 Å². The smallest absolute Gasteiger partial charge is 0.339 e. The molecule has 0 bridgehead atoms. The fraction of sp³-hybridized carbons (Fsp3) is 0.114. The summed E-state index contributed by atoms with van der Waals surface area (Å²) in [5.41, 5.74) is 0.392. The van der Waals surface area contributed by atoms with Crippen LogP contribution in [0.25, 0.3) is 22.3 Å². The zero-order chi connectivity index (χ0) is 41.9. The minimum absolute atomic E-state index is 0.103. The second-order valence-corrected chi connectivity index (χ2v) is 12.6. The number of hydrogen-bond donors (Lipinski definition) is 4. The molecule has 0 saturated carbocycles. The molecule has 9 nitrogen and oxygen atoms in total. The Balaban J connectivity index is 0.000000221. The summed E-state index contributed by atoms with van der Waals surface area (Å²) < 4.78 is 68.5. The van der Waals surface area contributed by atoms with Crippen LogP contribution in [0.3, 0.4) is 0 Å². The van der Waals surface area contributed by atoms with Gasteiger partial charge in [-0.25, -0.2) is 22.4 Å². The van der Waals surface area contributed by atoms with E-state index in [0.717, 1.165) is 24.3 Å². The molecular weight excluding hydrogens is 780 g/mol. The molecule has 6 aromatic carbocycles. The van der Waals surface area contributed by atoms with Crippen LogP contribution in [0.4, 0.5) is 28.9 Å². The minimum Gasteiger partial charge on any atom is -0.494 e. The van der Waals surface area contributed by atoms with Crippen LogP contribution in [-0.2, 0) is 6.61 Å². The first-order valence-corrected chi connectivity index (χ1v) is 18.0. The first-order chi connectivity index (χ1) is 27.8. The molecule has 0 heterocycles. The highest BCUT2D eigenvalue weighted by Gasteiger charge is 2.23. The summed E-state index contributed by atoms with van der Waals surface area (Å²) in [5, 5.41) is 22.9. The van der Waals surface area contributed by atoms with E-state index in [9.17, 15) is 37.1 Å². The van der Waals surface area contributed by atoms with E-state index in [2.05, 4.69) is 10.6 Å². The van der Waals surface area contributed by atoms with Gasteiger partial charge in [0, 0.05) is 5.56 Å². The maximum absolute atomic E-state index is 14.7. The predicted molar refractivity (Wildman–Crippen MR) is 213 cm³/mol.